The summed E-state index contributed by atoms with van der Waals surface area (Å²) in [6, 6.07) is 4.00. The van der Waals surface area contributed by atoms with Crippen LogP contribution in [-0.4, -0.2) is 28.8 Å². The number of benzene rings is 1. The van der Waals surface area contributed by atoms with E-state index in [2.05, 4.69) is 16.5 Å². The van der Waals surface area contributed by atoms with Crippen molar-refractivity contribution >= 4 is 17.5 Å². The van der Waals surface area contributed by atoms with Crippen LogP contribution in [-0.2, 0) is 6.18 Å². The first-order valence-corrected chi connectivity index (χ1v) is 9.10. The standard InChI is InChI=1S/C19H16ClF3N2O3/c20-14-16(18(27)24-15-11-2-1-10(7-11)13(15)8-26)25-28-17(14)9-3-5-12(6-4-9)19(21,22)23/h1-6,10-11,13,15,26H,7-8H2,(H,24,27)/t10-,11-,13-,15-/m0/s1. The van der Waals surface area contributed by atoms with Crippen LogP contribution in [0.3, 0.4) is 0 Å². The number of rotatable bonds is 4. The van der Waals surface area contributed by atoms with Gasteiger partial charge in [-0.3, -0.25) is 4.79 Å². The second kappa shape index (κ2) is 6.93. The average Bonchev–Trinajstić information content (AvgIpc) is 3.35. The Morgan fingerprint density at radius 2 is 1.93 bits per heavy atom. The molecule has 9 heteroatoms. The van der Waals surface area contributed by atoms with Crippen LogP contribution >= 0.6 is 11.6 Å². The lowest BCUT2D eigenvalue weighted by atomic mass is 9.89. The van der Waals surface area contributed by atoms with Gasteiger partial charge in [-0.15, -0.1) is 0 Å². The zero-order chi connectivity index (χ0) is 20.1. The van der Waals surface area contributed by atoms with Gasteiger partial charge in [-0.2, -0.15) is 13.2 Å². The number of nitrogens with zero attached hydrogens (tertiary/aromatic N) is 1. The van der Waals surface area contributed by atoms with E-state index in [4.69, 9.17) is 16.1 Å². The molecule has 0 saturated heterocycles. The lowest BCUT2D eigenvalue weighted by Gasteiger charge is -2.27. The number of aliphatic hydroxyl groups is 1. The molecule has 28 heavy (non-hydrogen) atoms. The van der Waals surface area contributed by atoms with Crippen molar-refractivity contribution in [2.45, 2.75) is 18.6 Å². The summed E-state index contributed by atoms with van der Waals surface area (Å²) in [6.45, 7) is -0.0419. The third kappa shape index (κ3) is 3.20. The largest absolute Gasteiger partial charge is 0.416 e. The van der Waals surface area contributed by atoms with Crippen molar-refractivity contribution in [3.63, 3.8) is 0 Å². The quantitative estimate of drug-likeness (QED) is 0.746. The summed E-state index contributed by atoms with van der Waals surface area (Å²) in [7, 11) is 0. The van der Waals surface area contributed by atoms with E-state index < -0.39 is 17.6 Å². The molecule has 1 aromatic carbocycles. The lowest BCUT2D eigenvalue weighted by Crippen LogP contribution is -2.44. The molecule has 1 heterocycles. The number of fused-ring (bicyclic) bond motifs is 2. The monoisotopic (exact) mass is 412 g/mol. The minimum atomic E-state index is -4.45. The Balaban J connectivity index is 1.53. The van der Waals surface area contributed by atoms with Crippen molar-refractivity contribution in [3.05, 3.63) is 52.7 Å². The number of hydrogen-bond acceptors (Lipinski definition) is 4. The van der Waals surface area contributed by atoms with E-state index in [-0.39, 0.29) is 52.4 Å². The molecule has 2 bridgehead atoms. The normalized spacial score (nSPS) is 26.0. The van der Waals surface area contributed by atoms with Crippen molar-refractivity contribution in [2.24, 2.45) is 17.8 Å². The molecular formula is C19H16ClF3N2O3. The highest BCUT2D eigenvalue weighted by molar-refractivity contribution is 6.35. The first-order chi connectivity index (χ1) is 13.3. The maximum Gasteiger partial charge on any atom is 0.416 e. The van der Waals surface area contributed by atoms with Crippen LogP contribution in [0.15, 0.2) is 40.9 Å². The van der Waals surface area contributed by atoms with Crippen molar-refractivity contribution in [1.82, 2.24) is 10.5 Å². The molecule has 4 atom stereocenters. The number of aromatic nitrogens is 1. The van der Waals surface area contributed by atoms with Gasteiger partial charge in [-0.1, -0.05) is 41.0 Å². The zero-order valence-electron chi connectivity index (χ0n) is 14.4. The van der Waals surface area contributed by atoms with Crippen LogP contribution in [0.4, 0.5) is 13.2 Å². The van der Waals surface area contributed by atoms with Crippen molar-refractivity contribution in [2.75, 3.05) is 6.61 Å². The van der Waals surface area contributed by atoms with E-state index in [0.717, 1.165) is 18.6 Å². The predicted octanol–water partition coefficient (Wildman–Crippen LogP) is 3.93. The summed E-state index contributed by atoms with van der Waals surface area (Å²) in [5, 5.41) is 16.1. The molecular weight excluding hydrogens is 397 g/mol. The molecule has 2 aromatic rings. The maximum absolute atomic E-state index is 12.7. The molecule has 1 amide bonds. The summed E-state index contributed by atoms with van der Waals surface area (Å²) in [6.07, 6.45) is 0.506. The molecule has 0 aliphatic heterocycles. The molecule has 0 spiro atoms. The molecule has 4 rings (SSSR count). The van der Waals surface area contributed by atoms with E-state index in [0.29, 0.717) is 0 Å². The van der Waals surface area contributed by atoms with Gasteiger partial charge in [-0.25, -0.2) is 0 Å². The number of hydrogen-bond donors (Lipinski definition) is 2. The van der Waals surface area contributed by atoms with Crippen LogP contribution in [0.2, 0.25) is 5.02 Å². The Labute approximate surface area is 163 Å². The van der Waals surface area contributed by atoms with Gasteiger partial charge in [0.15, 0.2) is 11.5 Å². The predicted molar refractivity (Wildman–Crippen MR) is 94.5 cm³/mol. The Bertz CT molecular complexity index is 923. The van der Waals surface area contributed by atoms with E-state index in [1.54, 1.807) is 0 Å². The lowest BCUT2D eigenvalue weighted by molar-refractivity contribution is -0.137. The summed E-state index contributed by atoms with van der Waals surface area (Å²) in [4.78, 5) is 12.6. The molecule has 1 saturated carbocycles. The van der Waals surface area contributed by atoms with Gasteiger partial charge in [0.2, 0.25) is 0 Å². The molecule has 0 radical (unpaired) electrons. The Kier molecular flexibility index (Phi) is 4.71. The summed E-state index contributed by atoms with van der Waals surface area (Å²) in [5.41, 5.74) is -0.662. The number of amides is 1. The number of allylic oxidation sites excluding steroid dienone is 1. The van der Waals surface area contributed by atoms with Gasteiger partial charge < -0.3 is 14.9 Å². The fourth-order valence-electron chi connectivity index (χ4n) is 4.02. The first kappa shape index (κ1) is 19.0. The number of nitrogens with one attached hydrogen (secondary N) is 1. The first-order valence-electron chi connectivity index (χ1n) is 8.72. The molecule has 148 valence electrons. The van der Waals surface area contributed by atoms with Gasteiger partial charge in [0.1, 0.15) is 5.02 Å². The fourth-order valence-corrected chi connectivity index (χ4v) is 4.28. The number of halogens is 4. The van der Waals surface area contributed by atoms with Crippen LogP contribution in [0, 0.1) is 17.8 Å². The second-order valence-corrected chi connectivity index (χ2v) is 7.42. The van der Waals surface area contributed by atoms with Crippen molar-refractivity contribution in [1.29, 1.82) is 0 Å². The summed E-state index contributed by atoms with van der Waals surface area (Å²) in [5.74, 6) is -0.218. The Hall–Kier alpha value is -2.32. The molecule has 1 fully saturated rings. The third-order valence-electron chi connectivity index (χ3n) is 5.46. The zero-order valence-corrected chi connectivity index (χ0v) is 15.2. The molecule has 2 aliphatic carbocycles. The van der Waals surface area contributed by atoms with Crippen LogP contribution < -0.4 is 5.32 Å². The number of carbonyl (C=O) groups excluding carboxylic acids is 1. The molecule has 2 N–H and O–H groups in total. The summed E-state index contributed by atoms with van der Waals surface area (Å²) >= 11 is 6.22. The molecule has 0 unspecified atom stereocenters. The van der Waals surface area contributed by atoms with Gasteiger partial charge in [0.05, 0.1) is 5.56 Å². The maximum atomic E-state index is 12.7. The number of alkyl halides is 3. The molecule has 1 aromatic heterocycles. The Morgan fingerprint density at radius 1 is 1.25 bits per heavy atom. The van der Waals surface area contributed by atoms with E-state index in [1.807, 2.05) is 6.08 Å². The smallest absolute Gasteiger partial charge is 0.396 e. The van der Waals surface area contributed by atoms with E-state index in [1.165, 1.54) is 12.1 Å². The van der Waals surface area contributed by atoms with Gasteiger partial charge >= 0.3 is 6.18 Å². The second-order valence-electron chi connectivity index (χ2n) is 7.04. The van der Waals surface area contributed by atoms with Crippen LogP contribution in [0.1, 0.15) is 22.5 Å². The molecule has 2 aliphatic rings. The van der Waals surface area contributed by atoms with Gasteiger partial charge in [0, 0.05) is 24.1 Å². The number of aliphatic hydroxyl groups excluding tert-OH is 1. The van der Waals surface area contributed by atoms with Crippen molar-refractivity contribution in [3.8, 4) is 11.3 Å². The van der Waals surface area contributed by atoms with Gasteiger partial charge in [-0.05, 0) is 30.4 Å². The Morgan fingerprint density at radius 3 is 2.57 bits per heavy atom. The van der Waals surface area contributed by atoms with Crippen LogP contribution in [0.5, 0.6) is 0 Å². The van der Waals surface area contributed by atoms with E-state index >= 15 is 0 Å². The van der Waals surface area contributed by atoms with Gasteiger partial charge in [0.25, 0.3) is 5.91 Å². The minimum absolute atomic E-state index is 0.0205. The summed E-state index contributed by atoms with van der Waals surface area (Å²) < 4.78 is 43.2. The third-order valence-corrected chi connectivity index (χ3v) is 5.81. The SMILES string of the molecule is O=C(N[C@@H]1[C@@H](CO)[C@H]2C=C[C@H]1C2)c1noc(-c2ccc(C(F)(F)F)cc2)c1Cl. The fraction of sp³-hybridized carbons (Fsp3) is 0.368. The highest BCUT2D eigenvalue weighted by Gasteiger charge is 2.45. The number of carbonyl (C=O) groups is 1. The minimum Gasteiger partial charge on any atom is -0.396 e. The topological polar surface area (TPSA) is 75.4 Å². The van der Waals surface area contributed by atoms with Crippen LogP contribution in [0.25, 0.3) is 11.3 Å². The van der Waals surface area contributed by atoms with Crippen molar-refractivity contribution < 1.29 is 27.6 Å². The average molecular weight is 413 g/mol. The highest BCUT2D eigenvalue weighted by Crippen LogP contribution is 2.43. The highest BCUT2D eigenvalue weighted by atomic mass is 35.5. The van der Waals surface area contributed by atoms with E-state index in [9.17, 15) is 23.1 Å². The molecule has 5 nitrogen and oxygen atoms in total.